The molecule has 136 valence electrons. The first-order valence-electron chi connectivity index (χ1n) is 7.48. The maximum atomic E-state index is 12.1. The topological polar surface area (TPSA) is 81.7 Å². The maximum absolute atomic E-state index is 12.1. The largest absolute Gasteiger partial charge is 0.496 e. The number of esters is 1. The van der Waals surface area contributed by atoms with E-state index >= 15 is 0 Å². The third kappa shape index (κ3) is 5.21. The van der Waals surface area contributed by atoms with Crippen LogP contribution in [0, 0.1) is 0 Å². The summed E-state index contributed by atoms with van der Waals surface area (Å²) in [6.07, 6.45) is -0.188. The predicted octanol–water partition coefficient (Wildman–Crippen LogP) is 3.04. The third-order valence-electron chi connectivity index (χ3n) is 3.35. The normalized spacial score (nSPS) is 10.1. The average Bonchev–Trinajstić information content (AvgIpc) is 2.63. The number of imide groups is 1. The second-order valence-electron chi connectivity index (χ2n) is 5.12. The van der Waals surface area contributed by atoms with Gasteiger partial charge in [0.2, 0.25) is 0 Å². The third-order valence-corrected chi connectivity index (χ3v) is 4.06. The van der Waals surface area contributed by atoms with Crippen LogP contribution < -0.4 is 10.1 Å². The fourth-order valence-corrected chi connectivity index (χ4v) is 2.64. The lowest BCUT2D eigenvalue weighted by atomic mass is 10.1. The first-order chi connectivity index (χ1) is 12.4. The molecule has 0 saturated carbocycles. The van der Waals surface area contributed by atoms with E-state index < -0.39 is 24.4 Å². The maximum Gasteiger partial charge on any atom is 0.310 e. The number of carbonyl (C=O) groups is 3. The number of hydrogen-bond donors (Lipinski definition) is 1. The van der Waals surface area contributed by atoms with Crippen LogP contribution in [0.4, 0.5) is 0 Å². The zero-order valence-corrected chi connectivity index (χ0v) is 15.3. The molecule has 2 amide bonds. The fraction of sp³-hybridized carbons (Fsp3) is 0.167. The molecule has 0 radical (unpaired) electrons. The molecule has 0 atom stereocenters. The Morgan fingerprint density at radius 2 is 1.65 bits per heavy atom. The van der Waals surface area contributed by atoms with E-state index in [1.807, 2.05) is 0 Å². The Labute approximate surface area is 160 Å². The van der Waals surface area contributed by atoms with Crippen molar-refractivity contribution in [2.75, 3.05) is 13.7 Å². The van der Waals surface area contributed by atoms with Crippen molar-refractivity contribution in [3.63, 3.8) is 0 Å². The molecule has 0 heterocycles. The van der Waals surface area contributed by atoms with E-state index in [0.717, 1.165) is 0 Å². The van der Waals surface area contributed by atoms with E-state index in [-0.39, 0.29) is 12.0 Å². The van der Waals surface area contributed by atoms with Crippen LogP contribution in [-0.4, -0.2) is 31.5 Å². The van der Waals surface area contributed by atoms with Gasteiger partial charge in [0.25, 0.3) is 11.8 Å². The van der Waals surface area contributed by atoms with Gasteiger partial charge in [0.05, 0.1) is 19.1 Å². The number of hydrogen-bond acceptors (Lipinski definition) is 5. The van der Waals surface area contributed by atoms with Crippen LogP contribution in [0.3, 0.4) is 0 Å². The lowest BCUT2D eigenvalue weighted by Gasteiger charge is -2.09. The molecule has 1 N–H and O–H groups in total. The summed E-state index contributed by atoms with van der Waals surface area (Å²) in [4.78, 5) is 35.7. The van der Waals surface area contributed by atoms with Crippen LogP contribution in [0.25, 0.3) is 0 Å². The van der Waals surface area contributed by atoms with Crippen LogP contribution in [0.5, 0.6) is 5.75 Å². The van der Waals surface area contributed by atoms with Crippen molar-refractivity contribution in [1.29, 1.82) is 0 Å². The number of benzene rings is 2. The van der Waals surface area contributed by atoms with Gasteiger partial charge in [-0.15, -0.1) is 0 Å². The molecule has 8 heteroatoms. The van der Waals surface area contributed by atoms with E-state index in [0.29, 0.717) is 21.4 Å². The van der Waals surface area contributed by atoms with Gasteiger partial charge in [0.15, 0.2) is 6.61 Å². The number of carbonyl (C=O) groups excluding carboxylic acids is 3. The van der Waals surface area contributed by atoms with Crippen LogP contribution in [0.1, 0.15) is 15.9 Å². The molecule has 0 bridgehead atoms. The van der Waals surface area contributed by atoms with Gasteiger partial charge in [0.1, 0.15) is 5.75 Å². The van der Waals surface area contributed by atoms with Gasteiger partial charge in [-0.25, -0.2) is 0 Å². The molecule has 0 saturated heterocycles. The molecule has 0 spiro atoms. The summed E-state index contributed by atoms with van der Waals surface area (Å²) in [7, 11) is 1.41. The van der Waals surface area contributed by atoms with Crippen LogP contribution >= 0.6 is 23.2 Å². The monoisotopic (exact) mass is 395 g/mol. The summed E-state index contributed by atoms with van der Waals surface area (Å²) in [5, 5.41) is 2.77. The van der Waals surface area contributed by atoms with E-state index in [2.05, 4.69) is 5.32 Å². The van der Waals surface area contributed by atoms with Gasteiger partial charge in [-0.05, 0) is 24.3 Å². The van der Waals surface area contributed by atoms with Gasteiger partial charge >= 0.3 is 5.97 Å². The van der Waals surface area contributed by atoms with Crippen molar-refractivity contribution >= 4 is 41.0 Å². The van der Waals surface area contributed by atoms with Gasteiger partial charge in [-0.2, -0.15) is 0 Å². The van der Waals surface area contributed by atoms with Gasteiger partial charge in [0, 0.05) is 15.6 Å². The number of nitrogens with one attached hydrogen (secondary N) is 1. The Balaban J connectivity index is 1.88. The highest BCUT2D eigenvalue weighted by atomic mass is 35.5. The van der Waals surface area contributed by atoms with Gasteiger partial charge < -0.3 is 9.47 Å². The summed E-state index contributed by atoms with van der Waals surface area (Å²) in [6.45, 7) is -0.609. The average molecular weight is 396 g/mol. The number of rotatable bonds is 6. The van der Waals surface area contributed by atoms with E-state index in [9.17, 15) is 14.4 Å². The van der Waals surface area contributed by atoms with Crippen molar-refractivity contribution in [3.8, 4) is 5.75 Å². The van der Waals surface area contributed by atoms with Gasteiger partial charge in [-0.3, -0.25) is 19.7 Å². The summed E-state index contributed by atoms with van der Waals surface area (Å²) in [5.74, 6) is -1.79. The van der Waals surface area contributed by atoms with Crippen LogP contribution in [0.15, 0.2) is 42.5 Å². The molecule has 2 rings (SSSR count). The highest BCUT2D eigenvalue weighted by Gasteiger charge is 2.17. The predicted molar refractivity (Wildman–Crippen MR) is 96.6 cm³/mol. The van der Waals surface area contributed by atoms with Gasteiger partial charge in [-0.1, -0.05) is 41.4 Å². The Morgan fingerprint density at radius 3 is 2.31 bits per heavy atom. The molecule has 0 aliphatic carbocycles. The molecule has 0 unspecified atom stereocenters. The number of ether oxygens (including phenoxy) is 2. The molecule has 6 nitrogen and oxygen atoms in total. The molecule has 2 aromatic carbocycles. The molecule has 26 heavy (non-hydrogen) atoms. The summed E-state index contributed by atoms with van der Waals surface area (Å²) < 4.78 is 9.91. The molecule has 0 aliphatic heterocycles. The molecular formula is C18H15Cl2NO5. The Kier molecular flexibility index (Phi) is 7.00. The number of methoxy groups -OCH3 is 1. The Hall–Kier alpha value is -2.57. The zero-order chi connectivity index (χ0) is 19.1. The zero-order valence-electron chi connectivity index (χ0n) is 13.8. The SMILES string of the molecule is COc1ccccc1C(=O)NC(=O)COC(=O)Cc1c(Cl)cccc1Cl. The molecule has 0 fully saturated rings. The van der Waals surface area contributed by atoms with Crippen molar-refractivity contribution in [3.05, 3.63) is 63.6 Å². The van der Waals surface area contributed by atoms with Crippen molar-refractivity contribution < 1.29 is 23.9 Å². The molecular weight excluding hydrogens is 381 g/mol. The number of halogens is 2. The smallest absolute Gasteiger partial charge is 0.310 e. The highest BCUT2D eigenvalue weighted by molar-refractivity contribution is 6.36. The fourth-order valence-electron chi connectivity index (χ4n) is 2.10. The van der Waals surface area contributed by atoms with E-state index in [1.54, 1.807) is 36.4 Å². The van der Waals surface area contributed by atoms with Crippen LogP contribution in [0.2, 0.25) is 10.0 Å². The minimum Gasteiger partial charge on any atom is -0.496 e. The first-order valence-corrected chi connectivity index (χ1v) is 8.23. The molecule has 0 aliphatic rings. The Morgan fingerprint density at radius 1 is 1.00 bits per heavy atom. The second kappa shape index (κ2) is 9.22. The minimum absolute atomic E-state index is 0.188. The van der Waals surface area contributed by atoms with E-state index in [4.69, 9.17) is 32.7 Å². The minimum atomic E-state index is -0.764. The lowest BCUT2D eigenvalue weighted by molar-refractivity contribution is -0.147. The number of amides is 2. The molecule has 0 aromatic heterocycles. The first kappa shape index (κ1) is 19.8. The van der Waals surface area contributed by atoms with Crippen molar-refractivity contribution in [2.24, 2.45) is 0 Å². The quantitative estimate of drug-likeness (QED) is 0.760. The second-order valence-corrected chi connectivity index (χ2v) is 5.93. The number of para-hydroxylation sites is 1. The van der Waals surface area contributed by atoms with Crippen molar-refractivity contribution in [1.82, 2.24) is 5.32 Å². The summed E-state index contributed by atoms with van der Waals surface area (Å²) in [5.41, 5.74) is 0.601. The van der Waals surface area contributed by atoms with Crippen molar-refractivity contribution in [2.45, 2.75) is 6.42 Å². The van der Waals surface area contributed by atoms with E-state index in [1.165, 1.54) is 13.2 Å². The Bertz CT molecular complexity index is 818. The highest BCUT2D eigenvalue weighted by Crippen LogP contribution is 2.24. The summed E-state index contributed by atoms with van der Waals surface area (Å²) in [6, 6.07) is 11.3. The van der Waals surface area contributed by atoms with Crippen LogP contribution in [-0.2, 0) is 20.7 Å². The molecule has 2 aromatic rings. The lowest BCUT2D eigenvalue weighted by Crippen LogP contribution is -2.34. The summed E-state index contributed by atoms with van der Waals surface area (Å²) >= 11 is 11.9. The standard InChI is InChI=1S/C18H15Cl2NO5/c1-25-15-8-3-2-5-11(15)18(24)21-16(22)10-26-17(23)9-12-13(19)6-4-7-14(12)20/h2-8H,9-10H2,1H3,(H,21,22,24).